The van der Waals surface area contributed by atoms with E-state index in [0.29, 0.717) is 30.8 Å². The van der Waals surface area contributed by atoms with Crippen molar-refractivity contribution in [2.75, 3.05) is 14.2 Å². The van der Waals surface area contributed by atoms with E-state index in [9.17, 15) is 19.6 Å². The van der Waals surface area contributed by atoms with Crippen LogP contribution >= 0.6 is 0 Å². The van der Waals surface area contributed by atoms with Crippen LogP contribution in [0.5, 0.6) is 5.75 Å². The molecule has 8 nitrogen and oxygen atoms in total. The molecule has 0 atom stereocenters. The van der Waals surface area contributed by atoms with Gasteiger partial charge in [-0.1, -0.05) is 18.2 Å². The van der Waals surface area contributed by atoms with E-state index in [-0.39, 0.29) is 12.1 Å². The molecule has 0 radical (unpaired) electrons. The number of aromatic nitrogens is 2. The predicted molar refractivity (Wildman–Crippen MR) is 97.5 cm³/mol. The molecule has 1 aromatic heterocycles. The Labute approximate surface area is 155 Å². The van der Waals surface area contributed by atoms with Gasteiger partial charge in [-0.05, 0) is 18.9 Å². The number of likely N-dealkylation sites (N-methyl/N-ethyl adjacent to an activating group) is 1. The van der Waals surface area contributed by atoms with Crippen LogP contribution in [0, 0.1) is 11.3 Å². The molecule has 1 aliphatic heterocycles. The zero-order valence-corrected chi connectivity index (χ0v) is 15.3. The summed E-state index contributed by atoms with van der Waals surface area (Å²) in [4.78, 5) is 39.2. The number of fused-ring (bicyclic) bond motifs is 1. The van der Waals surface area contributed by atoms with Crippen LogP contribution in [-0.2, 0) is 30.8 Å². The quantitative estimate of drug-likeness (QED) is 0.765. The van der Waals surface area contributed by atoms with Crippen LogP contribution in [0.2, 0.25) is 0 Å². The number of methoxy groups -OCH3 is 1. The molecular weight excluding hydrogens is 348 g/mol. The maximum absolute atomic E-state index is 12.6. The molecule has 1 aliphatic rings. The predicted octanol–water partition coefficient (Wildman–Crippen LogP) is 0.495. The second-order valence-corrected chi connectivity index (χ2v) is 6.42. The van der Waals surface area contributed by atoms with Crippen molar-refractivity contribution in [3.8, 4) is 11.8 Å². The summed E-state index contributed by atoms with van der Waals surface area (Å²) in [5, 5.41) is 9.31. The number of hydrogen-bond acceptors (Lipinski definition) is 5. The average molecular weight is 368 g/mol. The highest BCUT2D eigenvalue weighted by molar-refractivity contribution is 5.75. The highest BCUT2D eigenvalue weighted by atomic mass is 16.5. The standard InChI is InChI=1S/C19H20N4O4/c1-21(11-13-6-3-4-8-16(13)27-2)17(24)12-23-18(25)14(10-20)15-7-5-9-22(15)19(23)26/h3-4,6,8H,5,7,9,11-12H2,1-2H3. The second-order valence-electron chi connectivity index (χ2n) is 6.42. The number of ether oxygens (including phenoxy) is 1. The van der Waals surface area contributed by atoms with Gasteiger partial charge >= 0.3 is 5.69 Å². The minimum absolute atomic E-state index is 0.0488. The summed E-state index contributed by atoms with van der Waals surface area (Å²) in [6.45, 7) is 0.321. The fourth-order valence-electron chi connectivity index (χ4n) is 3.32. The highest BCUT2D eigenvalue weighted by Crippen LogP contribution is 2.19. The van der Waals surface area contributed by atoms with E-state index in [2.05, 4.69) is 0 Å². The number of hydrogen-bond donors (Lipinski definition) is 0. The molecule has 1 amide bonds. The minimum atomic E-state index is -0.699. The minimum Gasteiger partial charge on any atom is -0.496 e. The Bertz CT molecular complexity index is 1050. The lowest BCUT2D eigenvalue weighted by Gasteiger charge is -2.19. The van der Waals surface area contributed by atoms with Crippen LogP contribution in [-0.4, -0.2) is 34.1 Å². The smallest absolute Gasteiger partial charge is 0.331 e. The monoisotopic (exact) mass is 368 g/mol. The Hall–Kier alpha value is -3.34. The third-order valence-corrected chi connectivity index (χ3v) is 4.76. The number of carbonyl (C=O) groups is 1. The maximum Gasteiger partial charge on any atom is 0.331 e. The number of rotatable bonds is 5. The zero-order chi connectivity index (χ0) is 19.6. The van der Waals surface area contributed by atoms with Gasteiger partial charge in [-0.25, -0.2) is 9.36 Å². The Morgan fingerprint density at radius 2 is 2.07 bits per heavy atom. The van der Waals surface area contributed by atoms with Crippen LogP contribution in [0.15, 0.2) is 33.9 Å². The van der Waals surface area contributed by atoms with Gasteiger partial charge in [0.15, 0.2) is 0 Å². The van der Waals surface area contributed by atoms with Crippen molar-refractivity contribution in [2.24, 2.45) is 0 Å². The number of amides is 1. The number of nitriles is 1. The molecule has 27 heavy (non-hydrogen) atoms. The third-order valence-electron chi connectivity index (χ3n) is 4.76. The Morgan fingerprint density at radius 1 is 1.33 bits per heavy atom. The molecule has 3 rings (SSSR count). The molecule has 1 aromatic carbocycles. The van der Waals surface area contributed by atoms with Crippen LogP contribution in [0.3, 0.4) is 0 Å². The van der Waals surface area contributed by atoms with Gasteiger partial charge in [-0.2, -0.15) is 5.26 Å². The van der Waals surface area contributed by atoms with Crippen molar-refractivity contribution in [3.63, 3.8) is 0 Å². The molecule has 0 spiro atoms. The highest BCUT2D eigenvalue weighted by Gasteiger charge is 2.24. The molecular formula is C19H20N4O4. The lowest BCUT2D eigenvalue weighted by molar-refractivity contribution is -0.131. The van der Waals surface area contributed by atoms with Gasteiger partial charge in [-0.3, -0.25) is 14.2 Å². The van der Waals surface area contributed by atoms with Crippen LogP contribution in [0.1, 0.15) is 23.2 Å². The lowest BCUT2D eigenvalue weighted by atomic mass is 10.2. The molecule has 0 unspecified atom stereocenters. The normalized spacial score (nSPS) is 12.3. The van der Waals surface area contributed by atoms with Crippen LogP contribution < -0.4 is 16.0 Å². The van der Waals surface area contributed by atoms with Gasteiger partial charge in [0.1, 0.15) is 23.9 Å². The third kappa shape index (κ3) is 3.36. The Morgan fingerprint density at radius 3 is 2.78 bits per heavy atom. The number of para-hydroxylation sites is 1. The topological polar surface area (TPSA) is 97.3 Å². The van der Waals surface area contributed by atoms with Gasteiger partial charge in [0.2, 0.25) is 5.91 Å². The first-order valence-electron chi connectivity index (χ1n) is 8.60. The summed E-state index contributed by atoms with van der Waals surface area (Å²) in [6.07, 6.45) is 1.23. The van der Waals surface area contributed by atoms with Crippen LogP contribution in [0.25, 0.3) is 0 Å². The van der Waals surface area contributed by atoms with E-state index in [1.165, 1.54) is 9.47 Å². The number of benzene rings is 1. The van der Waals surface area contributed by atoms with E-state index in [1.807, 2.05) is 24.3 Å². The van der Waals surface area contributed by atoms with Crippen molar-refractivity contribution in [1.29, 1.82) is 5.26 Å². The fraction of sp³-hybridized carbons (Fsp3) is 0.368. The van der Waals surface area contributed by atoms with Crippen molar-refractivity contribution in [3.05, 3.63) is 61.9 Å². The van der Waals surface area contributed by atoms with Crippen molar-refractivity contribution < 1.29 is 9.53 Å². The molecule has 2 aromatic rings. The Kier molecular flexibility index (Phi) is 5.12. The molecule has 0 fully saturated rings. The van der Waals surface area contributed by atoms with E-state index in [4.69, 9.17) is 4.74 Å². The number of nitrogens with zero attached hydrogens (tertiary/aromatic N) is 4. The van der Waals surface area contributed by atoms with Gasteiger partial charge in [0, 0.05) is 31.4 Å². The molecule has 8 heteroatoms. The van der Waals surface area contributed by atoms with Crippen molar-refractivity contribution in [2.45, 2.75) is 32.5 Å². The molecule has 0 aliphatic carbocycles. The van der Waals surface area contributed by atoms with Gasteiger partial charge < -0.3 is 9.64 Å². The summed E-state index contributed by atoms with van der Waals surface area (Å²) < 4.78 is 7.56. The summed E-state index contributed by atoms with van der Waals surface area (Å²) >= 11 is 0. The summed E-state index contributed by atoms with van der Waals surface area (Å²) in [5.41, 5.74) is -0.00215. The first-order chi connectivity index (χ1) is 13.0. The second kappa shape index (κ2) is 7.50. The zero-order valence-electron chi connectivity index (χ0n) is 15.3. The van der Waals surface area contributed by atoms with Crippen LogP contribution in [0.4, 0.5) is 0 Å². The summed E-state index contributed by atoms with van der Waals surface area (Å²) in [7, 11) is 3.14. The molecule has 0 saturated carbocycles. The van der Waals surface area contributed by atoms with Crippen molar-refractivity contribution >= 4 is 5.91 Å². The van der Waals surface area contributed by atoms with Gasteiger partial charge in [0.05, 0.1) is 7.11 Å². The molecule has 0 saturated heterocycles. The van der Waals surface area contributed by atoms with E-state index in [0.717, 1.165) is 10.1 Å². The number of carbonyl (C=O) groups excluding carboxylic acids is 1. The summed E-state index contributed by atoms with van der Waals surface area (Å²) in [6, 6.07) is 9.19. The first kappa shape index (κ1) is 18.5. The molecule has 140 valence electrons. The largest absolute Gasteiger partial charge is 0.496 e. The summed E-state index contributed by atoms with van der Waals surface area (Å²) in [5.74, 6) is 0.251. The maximum atomic E-state index is 12.6. The molecule has 0 bridgehead atoms. The van der Waals surface area contributed by atoms with E-state index < -0.39 is 23.7 Å². The first-order valence-corrected chi connectivity index (χ1v) is 8.60. The molecule has 2 heterocycles. The molecule has 0 N–H and O–H groups in total. The lowest BCUT2D eigenvalue weighted by Crippen LogP contribution is -2.45. The SMILES string of the molecule is COc1ccccc1CN(C)C(=O)Cn1c(=O)c(C#N)c2n(c1=O)CCC2. The van der Waals surface area contributed by atoms with E-state index >= 15 is 0 Å². The average Bonchev–Trinajstić information content (AvgIpc) is 3.15. The van der Waals surface area contributed by atoms with E-state index in [1.54, 1.807) is 20.2 Å². The van der Waals surface area contributed by atoms with Crippen molar-refractivity contribution in [1.82, 2.24) is 14.0 Å². The fourth-order valence-corrected chi connectivity index (χ4v) is 3.32. The van der Waals surface area contributed by atoms with Gasteiger partial charge in [-0.15, -0.1) is 0 Å². The Balaban J connectivity index is 1.87. The van der Waals surface area contributed by atoms with Gasteiger partial charge in [0.25, 0.3) is 5.56 Å².